The molecule has 0 spiro atoms. The lowest BCUT2D eigenvalue weighted by atomic mass is 9.69. The van der Waals surface area contributed by atoms with Crippen molar-refractivity contribution in [2.45, 2.75) is 71.6 Å². The van der Waals surface area contributed by atoms with Gasteiger partial charge in [0.05, 0.1) is 0 Å². The summed E-state index contributed by atoms with van der Waals surface area (Å²) in [6.45, 7) is 18.1. The highest BCUT2D eigenvalue weighted by molar-refractivity contribution is 5.44. The summed E-state index contributed by atoms with van der Waals surface area (Å²) in [5.41, 5.74) is 4.94. The summed E-state index contributed by atoms with van der Waals surface area (Å²) in [6, 6.07) is 6.76. The second kappa shape index (κ2) is 5.47. The molecule has 0 fully saturated rings. The van der Waals surface area contributed by atoms with Crippen molar-refractivity contribution in [2.24, 2.45) is 0 Å². The first-order valence-electron chi connectivity index (χ1n) is 7.22. The molecule has 0 saturated heterocycles. The second-order valence-corrected chi connectivity index (χ2v) is 6.56. The van der Waals surface area contributed by atoms with E-state index in [1.54, 1.807) is 0 Å². The normalized spacial score (nSPS) is 12.8. The van der Waals surface area contributed by atoms with Crippen LogP contribution >= 0.6 is 0 Å². The van der Waals surface area contributed by atoms with E-state index < -0.39 is 0 Å². The number of hydrogen-bond acceptors (Lipinski definition) is 0. The molecular formula is C18H29. The Kier molecular flexibility index (Phi) is 4.64. The zero-order valence-corrected chi connectivity index (χ0v) is 13.1. The Balaban J connectivity index is 3.53. The van der Waals surface area contributed by atoms with E-state index in [1.807, 2.05) is 0 Å². The number of hydrogen-bond donors (Lipinski definition) is 0. The first kappa shape index (κ1) is 15.3. The Morgan fingerprint density at radius 1 is 0.944 bits per heavy atom. The Bertz CT molecular complexity index is 396. The topological polar surface area (TPSA) is 0 Å². The van der Waals surface area contributed by atoms with Gasteiger partial charge in [-0.1, -0.05) is 59.7 Å². The van der Waals surface area contributed by atoms with Gasteiger partial charge in [0, 0.05) is 0 Å². The molecule has 0 heterocycles. The Labute approximate surface area is 114 Å². The quantitative estimate of drug-likeness (QED) is 0.648. The molecule has 0 unspecified atom stereocenters. The minimum atomic E-state index is 0.232. The van der Waals surface area contributed by atoms with Gasteiger partial charge in [0.2, 0.25) is 0 Å². The summed E-state index contributed by atoms with van der Waals surface area (Å²) in [6.07, 6.45) is 3.21. The Morgan fingerprint density at radius 2 is 1.50 bits per heavy atom. The first-order valence-corrected chi connectivity index (χ1v) is 7.22. The van der Waals surface area contributed by atoms with Crippen molar-refractivity contribution in [3.8, 4) is 0 Å². The minimum absolute atomic E-state index is 0.232. The first-order chi connectivity index (χ1) is 8.30. The van der Waals surface area contributed by atoms with Gasteiger partial charge in [0.25, 0.3) is 0 Å². The molecule has 0 aliphatic rings. The average Bonchev–Trinajstić information content (AvgIpc) is 2.37. The fraction of sp³-hybridized carbons (Fsp3) is 0.611. The summed E-state index contributed by atoms with van der Waals surface area (Å²) in [5.74, 6) is 0. The largest absolute Gasteiger partial charge is 0.0646 e. The van der Waals surface area contributed by atoms with E-state index in [1.165, 1.54) is 23.1 Å². The van der Waals surface area contributed by atoms with Gasteiger partial charge in [-0.3, -0.25) is 0 Å². The summed E-state index contributed by atoms with van der Waals surface area (Å²) in [7, 11) is 0. The molecule has 0 atom stereocenters. The highest BCUT2D eigenvalue weighted by atomic mass is 14.3. The van der Waals surface area contributed by atoms with Crippen LogP contribution in [0.5, 0.6) is 0 Å². The molecular weight excluding hydrogens is 216 g/mol. The van der Waals surface area contributed by atoms with E-state index in [0.29, 0.717) is 0 Å². The van der Waals surface area contributed by atoms with E-state index in [2.05, 4.69) is 66.7 Å². The van der Waals surface area contributed by atoms with Crippen LogP contribution in [0.25, 0.3) is 0 Å². The van der Waals surface area contributed by atoms with E-state index in [9.17, 15) is 0 Å². The zero-order chi connectivity index (χ0) is 14.0. The number of rotatable bonds is 5. The van der Waals surface area contributed by atoms with Crippen LogP contribution < -0.4 is 0 Å². The van der Waals surface area contributed by atoms with Gasteiger partial charge in [-0.25, -0.2) is 0 Å². The maximum absolute atomic E-state index is 4.11. The molecule has 1 aromatic rings. The monoisotopic (exact) mass is 245 g/mol. The second-order valence-electron chi connectivity index (χ2n) is 6.56. The van der Waals surface area contributed by atoms with Gasteiger partial charge in [0.15, 0.2) is 0 Å². The summed E-state index contributed by atoms with van der Waals surface area (Å²) < 4.78 is 0. The lowest BCUT2D eigenvalue weighted by Gasteiger charge is -2.35. The molecule has 101 valence electrons. The molecule has 1 rings (SSSR count). The van der Waals surface area contributed by atoms with Crippen molar-refractivity contribution < 1.29 is 0 Å². The third-order valence-electron chi connectivity index (χ3n) is 4.59. The Hall–Kier alpha value is -0.780. The molecule has 0 heteroatoms. The van der Waals surface area contributed by atoms with E-state index in [-0.39, 0.29) is 10.8 Å². The van der Waals surface area contributed by atoms with Gasteiger partial charge >= 0.3 is 0 Å². The molecule has 0 aromatic heterocycles. The van der Waals surface area contributed by atoms with Gasteiger partial charge < -0.3 is 0 Å². The van der Waals surface area contributed by atoms with Crippen LogP contribution in [0.2, 0.25) is 0 Å². The summed E-state index contributed by atoms with van der Waals surface area (Å²) in [5, 5.41) is 0. The van der Waals surface area contributed by atoms with Crippen LogP contribution in [0.15, 0.2) is 18.2 Å². The number of benzene rings is 1. The van der Waals surface area contributed by atoms with Crippen molar-refractivity contribution in [3.05, 3.63) is 41.8 Å². The molecule has 18 heavy (non-hydrogen) atoms. The molecule has 0 aliphatic heterocycles. The van der Waals surface area contributed by atoms with Crippen LogP contribution in [0.1, 0.15) is 71.1 Å². The van der Waals surface area contributed by atoms with Crippen molar-refractivity contribution in [1.29, 1.82) is 0 Å². The predicted molar refractivity (Wildman–Crippen MR) is 82.1 cm³/mol. The summed E-state index contributed by atoms with van der Waals surface area (Å²) >= 11 is 0. The van der Waals surface area contributed by atoms with E-state index in [4.69, 9.17) is 0 Å². The van der Waals surface area contributed by atoms with Gasteiger partial charge in [-0.2, -0.15) is 0 Å². The van der Waals surface area contributed by atoms with Crippen molar-refractivity contribution >= 4 is 0 Å². The van der Waals surface area contributed by atoms with Crippen LogP contribution in [0.4, 0.5) is 0 Å². The van der Waals surface area contributed by atoms with E-state index >= 15 is 0 Å². The molecule has 0 amide bonds. The molecule has 0 N–H and O–H groups in total. The van der Waals surface area contributed by atoms with Crippen molar-refractivity contribution in [3.63, 3.8) is 0 Å². The molecule has 0 bridgehead atoms. The van der Waals surface area contributed by atoms with Crippen LogP contribution in [-0.2, 0) is 17.3 Å². The maximum atomic E-state index is 4.11. The molecule has 0 saturated carbocycles. The van der Waals surface area contributed by atoms with Crippen LogP contribution in [0.3, 0.4) is 0 Å². The maximum Gasteiger partial charge on any atom is -0.0101 e. The van der Waals surface area contributed by atoms with Crippen molar-refractivity contribution in [2.75, 3.05) is 0 Å². The van der Waals surface area contributed by atoms with E-state index in [0.717, 1.165) is 12.8 Å². The lowest BCUT2D eigenvalue weighted by Crippen LogP contribution is -2.27. The average molecular weight is 245 g/mol. The van der Waals surface area contributed by atoms with Crippen LogP contribution in [0, 0.1) is 6.92 Å². The van der Waals surface area contributed by atoms with Gasteiger partial charge in [-0.15, -0.1) is 0 Å². The highest BCUT2D eigenvalue weighted by Crippen LogP contribution is 2.39. The van der Waals surface area contributed by atoms with Crippen LogP contribution in [-0.4, -0.2) is 0 Å². The molecule has 1 radical (unpaired) electrons. The van der Waals surface area contributed by atoms with Gasteiger partial charge in [0.1, 0.15) is 0 Å². The zero-order valence-electron chi connectivity index (χ0n) is 13.1. The minimum Gasteiger partial charge on any atom is -0.0646 e. The smallest absolute Gasteiger partial charge is 0.0101 e. The molecule has 0 aliphatic carbocycles. The third kappa shape index (κ3) is 2.79. The third-order valence-corrected chi connectivity index (χ3v) is 4.59. The fourth-order valence-electron chi connectivity index (χ4n) is 2.54. The molecule has 0 nitrogen and oxygen atoms in total. The van der Waals surface area contributed by atoms with Crippen molar-refractivity contribution in [1.82, 2.24) is 0 Å². The molecule has 1 aromatic carbocycles. The predicted octanol–water partition coefficient (Wildman–Crippen LogP) is 5.44. The Morgan fingerprint density at radius 3 is 1.94 bits per heavy atom. The fourth-order valence-corrected chi connectivity index (χ4v) is 2.54. The lowest BCUT2D eigenvalue weighted by molar-refractivity contribution is 0.452. The standard InChI is InChI=1S/C18H29/c1-8-14-12-11-13-15(17(4,5)9-2)16(14)18(6,7)10-3/h11-13H,1,8-10H2,2-7H3. The SMILES string of the molecule is [CH2]Cc1cccc(C(C)(C)CC)c1C(C)(C)CC. The van der Waals surface area contributed by atoms with Gasteiger partial charge in [-0.05, 0) is 53.7 Å². The highest BCUT2D eigenvalue weighted by Gasteiger charge is 2.30. The summed E-state index contributed by atoms with van der Waals surface area (Å²) in [4.78, 5) is 0.